The highest BCUT2D eigenvalue weighted by atomic mass is 19.1. The van der Waals surface area contributed by atoms with Crippen LogP contribution in [0.15, 0.2) is 42.5 Å². The van der Waals surface area contributed by atoms with Crippen LogP contribution in [-0.4, -0.2) is 5.91 Å². The smallest absolute Gasteiger partial charge is 0.253 e. The molecule has 0 radical (unpaired) electrons. The van der Waals surface area contributed by atoms with E-state index in [1.54, 1.807) is 24.3 Å². The van der Waals surface area contributed by atoms with Crippen molar-refractivity contribution in [3.63, 3.8) is 0 Å². The molecule has 2 rings (SSSR count). The van der Waals surface area contributed by atoms with E-state index in [-0.39, 0.29) is 17.8 Å². The van der Waals surface area contributed by atoms with Crippen LogP contribution in [0.3, 0.4) is 0 Å². The van der Waals surface area contributed by atoms with Crippen LogP contribution in [0.1, 0.15) is 34.5 Å². The zero-order valence-electron chi connectivity index (χ0n) is 12.0. The number of carbonyl (C=O) groups is 1. The summed E-state index contributed by atoms with van der Waals surface area (Å²) in [4.78, 5) is 12.3. The molecule has 2 aromatic carbocycles. The SMILES string of the molecule is Cc1ccc(C(=O)NC(C)c2ccc(F)cc2)c(NN)c1. The molecular formula is C16H18FN3O. The molecule has 4 nitrogen and oxygen atoms in total. The zero-order chi connectivity index (χ0) is 15.4. The largest absolute Gasteiger partial charge is 0.345 e. The number of anilines is 1. The van der Waals surface area contributed by atoms with Crippen LogP contribution in [0, 0.1) is 12.7 Å². The number of nitrogens with two attached hydrogens (primary N) is 1. The zero-order valence-corrected chi connectivity index (χ0v) is 12.0. The van der Waals surface area contributed by atoms with E-state index in [0.717, 1.165) is 11.1 Å². The molecule has 0 aliphatic rings. The number of carbonyl (C=O) groups excluding carboxylic acids is 1. The molecule has 0 saturated heterocycles. The van der Waals surface area contributed by atoms with E-state index in [1.807, 2.05) is 19.9 Å². The molecule has 4 N–H and O–H groups in total. The molecule has 0 heterocycles. The number of nitrogen functional groups attached to an aromatic ring is 1. The molecule has 0 spiro atoms. The molecule has 21 heavy (non-hydrogen) atoms. The van der Waals surface area contributed by atoms with Crippen molar-refractivity contribution in [3.05, 3.63) is 65.0 Å². The fourth-order valence-corrected chi connectivity index (χ4v) is 2.08. The molecule has 0 bridgehead atoms. The molecule has 2 aromatic rings. The summed E-state index contributed by atoms with van der Waals surface area (Å²) in [6, 6.07) is 11.2. The van der Waals surface area contributed by atoms with Gasteiger partial charge in [-0.2, -0.15) is 0 Å². The van der Waals surface area contributed by atoms with Gasteiger partial charge in [0.05, 0.1) is 17.3 Å². The topological polar surface area (TPSA) is 67.2 Å². The second-order valence-electron chi connectivity index (χ2n) is 4.94. The summed E-state index contributed by atoms with van der Waals surface area (Å²) in [6.45, 7) is 3.76. The molecule has 5 heteroatoms. The summed E-state index contributed by atoms with van der Waals surface area (Å²) in [6.07, 6.45) is 0. The first-order valence-corrected chi connectivity index (χ1v) is 6.65. The lowest BCUT2D eigenvalue weighted by Crippen LogP contribution is -2.28. The third-order valence-corrected chi connectivity index (χ3v) is 3.29. The molecule has 0 fully saturated rings. The lowest BCUT2D eigenvalue weighted by atomic mass is 10.1. The Kier molecular flexibility index (Phi) is 4.55. The minimum Gasteiger partial charge on any atom is -0.345 e. The van der Waals surface area contributed by atoms with Crippen LogP contribution in [-0.2, 0) is 0 Å². The summed E-state index contributed by atoms with van der Waals surface area (Å²) in [5, 5.41) is 2.87. The van der Waals surface area contributed by atoms with E-state index in [1.165, 1.54) is 12.1 Å². The molecule has 1 unspecified atom stereocenters. The lowest BCUT2D eigenvalue weighted by Gasteiger charge is -2.16. The highest BCUT2D eigenvalue weighted by Crippen LogP contribution is 2.19. The van der Waals surface area contributed by atoms with E-state index in [2.05, 4.69) is 10.7 Å². The number of halogens is 1. The summed E-state index contributed by atoms with van der Waals surface area (Å²) < 4.78 is 12.9. The van der Waals surface area contributed by atoms with Gasteiger partial charge in [-0.1, -0.05) is 18.2 Å². The van der Waals surface area contributed by atoms with Crippen molar-refractivity contribution in [3.8, 4) is 0 Å². The Morgan fingerprint density at radius 2 is 1.86 bits per heavy atom. The van der Waals surface area contributed by atoms with Gasteiger partial charge in [0.15, 0.2) is 0 Å². The van der Waals surface area contributed by atoms with Gasteiger partial charge in [0.25, 0.3) is 5.91 Å². The van der Waals surface area contributed by atoms with Gasteiger partial charge in [0.2, 0.25) is 0 Å². The van der Waals surface area contributed by atoms with Crippen LogP contribution in [0.5, 0.6) is 0 Å². The van der Waals surface area contributed by atoms with Gasteiger partial charge in [-0.3, -0.25) is 10.6 Å². The highest BCUT2D eigenvalue weighted by Gasteiger charge is 2.14. The third-order valence-electron chi connectivity index (χ3n) is 3.29. The third kappa shape index (κ3) is 3.58. The quantitative estimate of drug-likeness (QED) is 0.598. The maximum atomic E-state index is 12.9. The first-order valence-electron chi connectivity index (χ1n) is 6.65. The van der Waals surface area contributed by atoms with Crippen LogP contribution in [0.25, 0.3) is 0 Å². The van der Waals surface area contributed by atoms with E-state index in [0.29, 0.717) is 11.3 Å². The Labute approximate surface area is 123 Å². The number of hydrogen-bond donors (Lipinski definition) is 3. The average molecular weight is 287 g/mol. The van der Waals surface area contributed by atoms with Crippen molar-refractivity contribution < 1.29 is 9.18 Å². The number of rotatable bonds is 4. The molecular weight excluding hydrogens is 269 g/mol. The Hall–Kier alpha value is -2.40. The molecule has 110 valence electrons. The first-order chi connectivity index (χ1) is 10.0. The molecule has 0 aliphatic carbocycles. The molecule has 1 atom stereocenters. The predicted molar refractivity (Wildman–Crippen MR) is 81.3 cm³/mol. The molecule has 0 aromatic heterocycles. The number of hydrazine groups is 1. The maximum absolute atomic E-state index is 12.9. The number of aryl methyl sites for hydroxylation is 1. The second-order valence-corrected chi connectivity index (χ2v) is 4.94. The fourth-order valence-electron chi connectivity index (χ4n) is 2.08. The standard InChI is InChI=1S/C16H18FN3O/c1-10-3-8-14(15(9-10)20-18)16(21)19-11(2)12-4-6-13(17)7-5-12/h3-9,11,20H,18H2,1-2H3,(H,19,21). The van der Waals surface area contributed by atoms with E-state index in [4.69, 9.17) is 5.84 Å². The van der Waals surface area contributed by atoms with E-state index >= 15 is 0 Å². The van der Waals surface area contributed by atoms with Crippen LogP contribution < -0.4 is 16.6 Å². The normalized spacial score (nSPS) is 11.8. The van der Waals surface area contributed by atoms with Gasteiger partial charge >= 0.3 is 0 Å². The Bertz CT molecular complexity index is 640. The summed E-state index contributed by atoms with van der Waals surface area (Å²) in [5.74, 6) is 4.91. The number of hydrogen-bond acceptors (Lipinski definition) is 3. The molecule has 1 amide bonds. The fraction of sp³-hybridized carbons (Fsp3) is 0.188. The summed E-state index contributed by atoms with van der Waals surface area (Å²) in [5.41, 5.74) is 5.40. The van der Waals surface area contributed by atoms with Crippen molar-refractivity contribution in [2.75, 3.05) is 5.43 Å². The number of amides is 1. The van der Waals surface area contributed by atoms with Crippen LogP contribution in [0.4, 0.5) is 10.1 Å². The summed E-state index contributed by atoms with van der Waals surface area (Å²) in [7, 11) is 0. The number of nitrogens with one attached hydrogen (secondary N) is 2. The van der Waals surface area contributed by atoms with E-state index < -0.39 is 0 Å². The van der Waals surface area contributed by atoms with Crippen molar-refractivity contribution in [1.29, 1.82) is 0 Å². The second kappa shape index (κ2) is 6.37. The lowest BCUT2D eigenvalue weighted by molar-refractivity contribution is 0.0940. The average Bonchev–Trinajstić information content (AvgIpc) is 2.47. The van der Waals surface area contributed by atoms with Crippen molar-refractivity contribution in [2.45, 2.75) is 19.9 Å². The maximum Gasteiger partial charge on any atom is 0.253 e. The minimum atomic E-state index is -0.301. The first kappa shape index (κ1) is 15.0. The van der Waals surface area contributed by atoms with Crippen molar-refractivity contribution in [1.82, 2.24) is 5.32 Å². The Morgan fingerprint density at radius 3 is 2.48 bits per heavy atom. The van der Waals surface area contributed by atoms with Gasteiger partial charge < -0.3 is 10.7 Å². The highest BCUT2D eigenvalue weighted by molar-refractivity contribution is 5.99. The molecule has 0 aliphatic heterocycles. The van der Waals surface area contributed by atoms with Gasteiger partial charge in [-0.05, 0) is 49.2 Å². The minimum absolute atomic E-state index is 0.231. The van der Waals surface area contributed by atoms with Gasteiger partial charge in [-0.25, -0.2) is 4.39 Å². The van der Waals surface area contributed by atoms with Crippen LogP contribution >= 0.6 is 0 Å². The molecule has 0 saturated carbocycles. The van der Waals surface area contributed by atoms with Gasteiger partial charge in [0, 0.05) is 0 Å². The van der Waals surface area contributed by atoms with E-state index in [9.17, 15) is 9.18 Å². The monoisotopic (exact) mass is 287 g/mol. The van der Waals surface area contributed by atoms with Gasteiger partial charge in [-0.15, -0.1) is 0 Å². The van der Waals surface area contributed by atoms with Crippen LogP contribution in [0.2, 0.25) is 0 Å². The van der Waals surface area contributed by atoms with Crippen molar-refractivity contribution in [2.24, 2.45) is 5.84 Å². The Morgan fingerprint density at radius 1 is 1.19 bits per heavy atom. The predicted octanol–water partition coefficient (Wildman–Crippen LogP) is 2.91. The number of benzene rings is 2. The van der Waals surface area contributed by atoms with Crippen molar-refractivity contribution >= 4 is 11.6 Å². The summed E-state index contributed by atoms with van der Waals surface area (Å²) >= 11 is 0. The van der Waals surface area contributed by atoms with Gasteiger partial charge in [0.1, 0.15) is 5.82 Å². The Balaban J connectivity index is 2.16.